The fraction of sp³-hybridized carbons (Fsp3) is 0.385. The van der Waals surface area contributed by atoms with Crippen molar-refractivity contribution >= 4 is 5.69 Å². The van der Waals surface area contributed by atoms with Gasteiger partial charge in [-0.25, -0.2) is 9.67 Å². The number of aromatic nitrogens is 3. The number of hydrogen-bond donors (Lipinski definition) is 0. The molecule has 0 fully saturated rings. The topological polar surface area (TPSA) is 73.8 Å². The van der Waals surface area contributed by atoms with Gasteiger partial charge in [0.05, 0.1) is 10.6 Å². The van der Waals surface area contributed by atoms with Crippen LogP contribution in [0.5, 0.6) is 0 Å². The lowest BCUT2D eigenvalue weighted by molar-refractivity contribution is -0.385. The molecule has 2 rings (SSSR count). The first kappa shape index (κ1) is 13.2. The molecular weight excluding hydrogens is 244 g/mol. The average molecular weight is 260 g/mol. The molecule has 0 aliphatic heterocycles. The summed E-state index contributed by atoms with van der Waals surface area (Å²) in [5.41, 5.74) is 2.45. The van der Waals surface area contributed by atoms with Crippen molar-refractivity contribution in [3.05, 3.63) is 45.4 Å². The largest absolute Gasteiger partial charge is 0.316 e. The third kappa shape index (κ3) is 2.33. The minimum absolute atomic E-state index is 0.0166. The van der Waals surface area contributed by atoms with E-state index in [4.69, 9.17) is 0 Å². The van der Waals surface area contributed by atoms with Crippen LogP contribution in [0.25, 0.3) is 5.82 Å². The van der Waals surface area contributed by atoms with E-state index in [-0.39, 0.29) is 5.69 Å². The summed E-state index contributed by atoms with van der Waals surface area (Å²) in [5, 5.41) is 15.6. The highest BCUT2D eigenvalue weighted by Gasteiger charge is 2.22. The Morgan fingerprint density at radius 2 is 2.11 bits per heavy atom. The Labute approximate surface area is 111 Å². The highest BCUT2D eigenvalue weighted by atomic mass is 16.6. The van der Waals surface area contributed by atoms with E-state index in [1.807, 2.05) is 19.9 Å². The third-order valence-corrected chi connectivity index (χ3v) is 3.05. The van der Waals surface area contributed by atoms with Gasteiger partial charge in [-0.2, -0.15) is 5.10 Å². The first-order chi connectivity index (χ1) is 9.08. The van der Waals surface area contributed by atoms with Gasteiger partial charge in [0.15, 0.2) is 0 Å². The number of nitro groups is 1. The Hall–Kier alpha value is -2.24. The number of nitrogens with zero attached hydrogens (tertiary/aromatic N) is 4. The van der Waals surface area contributed by atoms with E-state index in [2.05, 4.69) is 10.1 Å². The van der Waals surface area contributed by atoms with Gasteiger partial charge in [-0.15, -0.1) is 0 Å². The summed E-state index contributed by atoms with van der Waals surface area (Å²) in [6, 6.07) is 3.60. The number of pyridine rings is 1. The van der Waals surface area contributed by atoms with E-state index < -0.39 is 4.92 Å². The summed E-state index contributed by atoms with van der Waals surface area (Å²) in [6.07, 6.45) is 3.11. The fourth-order valence-corrected chi connectivity index (χ4v) is 2.00. The molecule has 6 heteroatoms. The molecule has 0 atom stereocenters. The van der Waals surface area contributed by atoms with Gasteiger partial charge in [0.2, 0.25) is 5.82 Å². The smallest absolute Gasteiger partial charge is 0.258 e. The van der Waals surface area contributed by atoms with Gasteiger partial charge < -0.3 is 0 Å². The Balaban J connectivity index is 2.68. The summed E-state index contributed by atoms with van der Waals surface area (Å²) >= 11 is 0. The zero-order valence-electron chi connectivity index (χ0n) is 11.3. The molecule has 0 bridgehead atoms. The van der Waals surface area contributed by atoms with Crippen molar-refractivity contribution in [3.8, 4) is 5.82 Å². The monoisotopic (exact) mass is 260 g/mol. The second-order valence-electron chi connectivity index (χ2n) is 4.30. The lowest BCUT2D eigenvalue weighted by atomic mass is 10.2. The van der Waals surface area contributed by atoms with Crippen molar-refractivity contribution in [2.75, 3.05) is 0 Å². The standard InChI is InChI=1S/C13H16N4O2/c1-4-10-8-11(5-2)16(15-10)13-12(17(18)19)9(3)6-7-14-13/h6-8H,4-5H2,1-3H3. The van der Waals surface area contributed by atoms with Crippen molar-refractivity contribution < 1.29 is 4.92 Å². The molecule has 0 saturated heterocycles. The van der Waals surface area contributed by atoms with Gasteiger partial charge in [-0.05, 0) is 31.9 Å². The Morgan fingerprint density at radius 3 is 2.68 bits per heavy atom. The number of rotatable bonds is 4. The molecule has 0 aliphatic rings. The molecule has 0 N–H and O–H groups in total. The Morgan fingerprint density at radius 1 is 1.37 bits per heavy atom. The second-order valence-corrected chi connectivity index (χ2v) is 4.30. The van der Waals surface area contributed by atoms with Crippen LogP contribution in [-0.4, -0.2) is 19.7 Å². The molecule has 0 radical (unpaired) electrons. The lowest BCUT2D eigenvalue weighted by Crippen LogP contribution is -2.08. The van der Waals surface area contributed by atoms with Crippen LogP contribution >= 0.6 is 0 Å². The van der Waals surface area contributed by atoms with Crippen LogP contribution in [0.3, 0.4) is 0 Å². The predicted molar refractivity (Wildman–Crippen MR) is 71.5 cm³/mol. The molecule has 0 saturated carbocycles. The maximum atomic E-state index is 11.2. The maximum Gasteiger partial charge on any atom is 0.316 e. The van der Waals surface area contributed by atoms with Crippen LogP contribution in [0.15, 0.2) is 18.3 Å². The summed E-state index contributed by atoms with van der Waals surface area (Å²) in [5.74, 6) is 0.293. The van der Waals surface area contributed by atoms with Gasteiger partial charge in [-0.1, -0.05) is 13.8 Å². The van der Waals surface area contributed by atoms with E-state index in [0.29, 0.717) is 11.4 Å². The molecule has 6 nitrogen and oxygen atoms in total. The molecule has 0 unspecified atom stereocenters. The van der Waals surface area contributed by atoms with E-state index in [1.54, 1.807) is 23.9 Å². The van der Waals surface area contributed by atoms with Gasteiger partial charge in [0, 0.05) is 17.5 Å². The van der Waals surface area contributed by atoms with Crippen molar-refractivity contribution in [3.63, 3.8) is 0 Å². The van der Waals surface area contributed by atoms with Crippen molar-refractivity contribution in [2.45, 2.75) is 33.6 Å². The van der Waals surface area contributed by atoms with Crippen LogP contribution in [0.4, 0.5) is 5.69 Å². The van der Waals surface area contributed by atoms with Gasteiger partial charge in [0.25, 0.3) is 0 Å². The quantitative estimate of drug-likeness (QED) is 0.625. The SMILES string of the molecule is CCc1cc(CC)n(-c2nccc(C)c2[N+](=O)[O-])n1. The predicted octanol–water partition coefficient (Wildman–Crippen LogP) is 2.61. The highest BCUT2D eigenvalue weighted by Crippen LogP contribution is 2.25. The highest BCUT2D eigenvalue weighted by molar-refractivity contribution is 5.52. The Kier molecular flexibility index (Phi) is 3.59. The molecule has 19 heavy (non-hydrogen) atoms. The molecule has 2 aromatic heterocycles. The minimum atomic E-state index is -0.398. The second kappa shape index (κ2) is 5.17. The molecule has 2 heterocycles. The molecule has 0 aromatic carbocycles. The van der Waals surface area contributed by atoms with Crippen molar-refractivity contribution in [1.29, 1.82) is 0 Å². The van der Waals surface area contributed by atoms with Crippen LogP contribution in [0.1, 0.15) is 30.8 Å². The minimum Gasteiger partial charge on any atom is -0.258 e. The summed E-state index contributed by atoms with van der Waals surface area (Å²) in [6.45, 7) is 5.71. The molecule has 0 spiro atoms. The Bertz CT molecular complexity index is 619. The van der Waals surface area contributed by atoms with Crippen LogP contribution in [0.2, 0.25) is 0 Å². The molecule has 0 aliphatic carbocycles. The summed E-state index contributed by atoms with van der Waals surface area (Å²) in [7, 11) is 0. The van der Waals surface area contributed by atoms with Crippen molar-refractivity contribution in [2.24, 2.45) is 0 Å². The first-order valence-corrected chi connectivity index (χ1v) is 6.26. The first-order valence-electron chi connectivity index (χ1n) is 6.26. The molecule has 100 valence electrons. The van der Waals surface area contributed by atoms with Gasteiger partial charge in [-0.3, -0.25) is 10.1 Å². The van der Waals surface area contributed by atoms with E-state index in [0.717, 1.165) is 24.2 Å². The molecule has 2 aromatic rings. The van der Waals surface area contributed by atoms with Crippen molar-refractivity contribution in [1.82, 2.24) is 14.8 Å². The van der Waals surface area contributed by atoms with Crippen LogP contribution in [-0.2, 0) is 12.8 Å². The van der Waals surface area contributed by atoms with E-state index >= 15 is 0 Å². The molecule has 0 amide bonds. The molecular formula is C13H16N4O2. The third-order valence-electron chi connectivity index (χ3n) is 3.05. The zero-order chi connectivity index (χ0) is 14.0. The lowest BCUT2D eigenvalue weighted by Gasteiger charge is -2.06. The maximum absolute atomic E-state index is 11.2. The fourth-order valence-electron chi connectivity index (χ4n) is 2.00. The van der Waals surface area contributed by atoms with E-state index in [1.165, 1.54) is 0 Å². The van der Waals surface area contributed by atoms with Crippen LogP contribution < -0.4 is 0 Å². The van der Waals surface area contributed by atoms with Gasteiger partial charge in [0.1, 0.15) is 0 Å². The number of hydrogen-bond acceptors (Lipinski definition) is 4. The number of aryl methyl sites for hydroxylation is 3. The summed E-state index contributed by atoms with van der Waals surface area (Å²) in [4.78, 5) is 15.0. The normalized spacial score (nSPS) is 10.7. The summed E-state index contributed by atoms with van der Waals surface area (Å²) < 4.78 is 1.59. The average Bonchev–Trinajstić information content (AvgIpc) is 2.81. The van der Waals surface area contributed by atoms with E-state index in [9.17, 15) is 10.1 Å². The van der Waals surface area contributed by atoms with Crippen LogP contribution in [0, 0.1) is 17.0 Å². The zero-order valence-corrected chi connectivity index (χ0v) is 11.3. The van der Waals surface area contributed by atoms with Gasteiger partial charge >= 0.3 is 5.69 Å².